The molecular formula is C17H15NO. The third-order valence-corrected chi connectivity index (χ3v) is 2.95. The number of benzene rings is 2. The van der Waals surface area contributed by atoms with Crippen LogP contribution in [0.4, 0.5) is 0 Å². The molecule has 0 amide bonds. The Morgan fingerprint density at radius 1 is 1.05 bits per heavy atom. The van der Waals surface area contributed by atoms with Gasteiger partial charge in [-0.15, -0.1) is 0 Å². The van der Waals surface area contributed by atoms with Gasteiger partial charge in [0.15, 0.2) is 0 Å². The first-order chi connectivity index (χ1) is 9.33. The highest BCUT2D eigenvalue weighted by atomic mass is 16.3. The minimum atomic E-state index is 0.0634. The Labute approximate surface area is 113 Å². The maximum Gasteiger partial charge on any atom is 0.0991 e. The number of aliphatic hydroxyl groups is 1. The summed E-state index contributed by atoms with van der Waals surface area (Å²) in [5.74, 6) is 0. The molecule has 2 heteroatoms. The average Bonchev–Trinajstić information content (AvgIpc) is 2.48. The molecule has 2 aromatic carbocycles. The number of nitrogens with zero attached hydrogens (tertiary/aromatic N) is 1. The molecular weight excluding hydrogens is 234 g/mol. The molecule has 2 nitrogen and oxygen atoms in total. The number of hydrogen-bond acceptors (Lipinski definition) is 2. The van der Waals surface area contributed by atoms with Crippen molar-refractivity contribution in [1.29, 1.82) is 5.26 Å². The smallest absolute Gasteiger partial charge is 0.0991 e. The van der Waals surface area contributed by atoms with E-state index in [-0.39, 0.29) is 6.61 Å². The van der Waals surface area contributed by atoms with E-state index in [1.807, 2.05) is 54.6 Å². The normalized spacial score (nSPS) is 10.5. The topological polar surface area (TPSA) is 44.0 Å². The molecule has 19 heavy (non-hydrogen) atoms. The zero-order chi connectivity index (χ0) is 13.5. The van der Waals surface area contributed by atoms with E-state index in [4.69, 9.17) is 5.26 Å². The summed E-state index contributed by atoms with van der Waals surface area (Å²) in [5, 5.41) is 18.1. The Hall–Kier alpha value is -2.37. The van der Waals surface area contributed by atoms with Crippen LogP contribution in [0.25, 0.3) is 6.08 Å². The van der Waals surface area contributed by atoms with E-state index < -0.39 is 0 Å². The molecule has 0 atom stereocenters. The molecule has 0 aromatic heterocycles. The minimum Gasteiger partial charge on any atom is -0.392 e. The van der Waals surface area contributed by atoms with Crippen LogP contribution in [0.3, 0.4) is 0 Å². The summed E-state index contributed by atoms with van der Waals surface area (Å²) >= 11 is 0. The number of aliphatic hydroxyl groups excluding tert-OH is 1. The van der Waals surface area contributed by atoms with Gasteiger partial charge < -0.3 is 5.11 Å². The van der Waals surface area contributed by atoms with E-state index in [9.17, 15) is 5.11 Å². The molecule has 0 saturated carbocycles. The summed E-state index contributed by atoms with van der Waals surface area (Å²) in [7, 11) is 0. The highest BCUT2D eigenvalue weighted by Crippen LogP contribution is 2.12. The largest absolute Gasteiger partial charge is 0.392 e. The fraction of sp³-hybridized carbons (Fsp3) is 0.118. The maximum absolute atomic E-state index is 9.24. The van der Waals surface area contributed by atoms with Crippen molar-refractivity contribution in [1.82, 2.24) is 0 Å². The lowest BCUT2D eigenvalue weighted by Crippen LogP contribution is -1.91. The van der Waals surface area contributed by atoms with Crippen LogP contribution in [-0.2, 0) is 13.0 Å². The zero-order valence-corrected chi connectivity index (χ0v) is 10.6. The molecule has 0 heterocycles. The van der Waals surface area contributed by atoms with Crippen molar-refractivity contribution in [3.63, 3.8) is 0 Å². The maximum atomic E-state index is 9.24. The second-order valence-electron chi connectivity index (χ2n) is 4.27. The van der Waals surface area contributed by atoms with E-state index in [1.165, 1.54) is 0 Å². The van der Waals surface area contributed by atoms with Gasteiger partial charge in [-0.05, 0) is 35.2 Å². The monoisotopic (exact) mass is 249 g/mol. The van der Waals surface area contributed by atoms with Crippen molar-refractivity contribution in [2.24, 2.45) is 0 Å². The molecule has 0 aliphatic carbocycles. The number of rotatable bonds is 4. The van der Waals surface area contributed by atoms with Crippen LogP contribution in [0.5, 0.6) is 0 Å². The van der Waals surface area contributed by atoms with Crippen molar-refractivity contribution in [2.45, 2.75) is 13.0 Å². The molecule has 0 aliphatic rings. The van der Waals surface area contributed by atoms with E-state index in [0.29, 0.717) is 5.56 Å². The van der Waals surface area contributed by atoms with Gasteiger partial charge in [0, 0.05) is 0 Å². The van der Waals surface area contributed by atoms with Gasteiger partial charge in [-0.1, -0.05) is 48.6 Å². The van der Waals surface area contributed by atoms with Crippen LogP contribution in [-0.4, -0.2) is 5.11 Å². The van der Waals surface area contributed by atoms with Crippen LogP contribution in [0, 0.1) is 11.3 Å². The van der Waals surface area contributed by atoms with E-state index in [2.05, 4.69) is 6.07 Å². The van der Waals surface area contributed by atoms with Crippen LogP contribution >= 0.6 is 0 Å². The first kappa shape index (κ1) is 13.1. The van der Waals surface area contributed by atoms with Crippen molar-refractivity contribution >= 4 is 6.08 Å². The Balaban J connectivity index is 2.09. The fourth-order valence-corrected chi connectivity index (χ4v) is 1.94. The lowest BCUT2D eigenvalue weighted by Gasteiger charge is -2.03. The molecule has 0 aliphatic heterocycles. The molecule has 0 radical (unpaired) electrons. The van der Waals surface area contributed by atoms with Crippen LogP contribution < -0.4 is 0 Å². The van der Waals surface area contributed by atoms with Crippen molar-refractivity contribution in [2.75, 3.05) is 0 Å². The van der Waals surface area contributed by atoms with Crippen LogP contribution in [0.15, 0.2) is 54.6 Å². The lowest BCUT2D eigenvalue weighted by molar-refractivity contribution is 0.281. The molecule has 94 valence electrons. The van der Waals surface area contributed by atoms with Crippen molar-refractivity contribution < 1.29 is 5.11 Å². The van der Waals surface area contributed by atoms with E-state index >= 15 is 0 Å². The standard InChI is InChI=1S/C17H15NO/c18-12-15-7-3-5-14(11-15)6-4-10-16-8-1-2-9-17(16)13-19/h1-9,11,19H,10,13H2/b6-4+. The quantitative estimate of drug-likeness (QED) is 0.903. The van der Waals surface area contributed by atoms with Gasteiger partial charge in [0.25, 0.3) is 0 Å². The number of hydrogen-bond donors (Lipinski definition) is 1. The molecule has 0 fully saturated rings. The van der Waals surface area contributed by atoms with Crippen LogP contribution in [0.1, 0.15) is 22.3 Å². The zero-order valence-electron chi connectivity index (χ0n) is 10.6. The molecule has 2 rings (SSSR count). The van der Waals surface area contributed by atoms with Gasteiger partial charge in [-0.3, -0.25) is 0 Å². The summed E-state index contributed by atoms with van der Waals surface area (Å²) in [6.07, 6.45) is 4.81. The second-order valence-corrected chi connectivity index (χ2v) is 4.27. The van der Waals surface area contributed by atoms with Crippen molar-refractivity contribution in [3.8, 4) is 6.07 Å². The molecule has 1 N–H and O–H groups in total. The second kappa shape index (κ2) is 6.53. The third kappa shape index (κ3) is 3.54. The Morgan fingerprint density at radius 3 is 2.58 bits per heavy atom. The summed E-state index contributed by atoms with van der Waals surface area (Å²) in [6, 6.07) is 17.5. The number of nitriles is 1. The Bertz CT molecular complexity index is 623. The summed E-state index contributed by atoms with van der Waals surface area (Å²) in [4.78, 5) is 0. The molecule has 0 spiro atoms. The van der Waals surface area contributed by atoms with Gasteiger partial charge in [-0.2, -0.15) is 5.26 Å². The van der Waals surface area contributed by atoms with Gasteiger partial charge in [0.1, 0.15) is 0 Å². The van der Waals surface area contributed by atoms with Gasteiger partial charge in [0.2, 0.25) is 0 Å². The minimum absolute atomic E-state index is 0.0634. The highest BCUT2D eigenvalue weighted by molar-refractivity contribution is 5.52. The summed E-state index contributed by atoms with van der Waals surface area (Å²) in [6.45, 7) is 0.0634. The molecule has 0 saturated heterocycles. The van der Waals surface area contributed by atoms with E-state index in [0.717, 1.165) is 23.1 Å². The first-order valence-corrected chi connectivity index (χ1v) is 6.18. The average molecular weight is 249 g/mol. The predicted octanol–water partition coefficient (Wildman–Crippen LogP) is 3.31. The third-order valence-electron chi connectivity index (χ3n) is 2.95. The Kier molecular flexibility index (Phi) is 4.49. The lowest BCUT2D eigenvalue weighted by atomic mass is 10.0. The van der Waals surface area contributed by atoms with Gasteiger partial charge in [-0.25, -0.2) is 0 Å². The highest BCUT2D eigenvalue weighted by Gasteiger charge is 1.97. The van der Waals surface area contributed by atoms with Crippen molar-refractivity contribution in [3.05, 3.63) is 76.9 Å². The molecule has 0 bridgehead atoms. The van der Waals surface area contributed by atoms with Crippen LogP contribution in [0.2, 0.25) is 0 Å². The fourth-order valence-electron chi connectivity index (χ4n) is 1.94. The van der Waals surface area contributed by atoms with Gasteiger partial charge >= 0.3 is 0 Å². The molecule has 2 aromatic rings. The number of allylic oxidation sites excluding steroid dienone is 1. The Morgan fingerprint density at radius 2 is 1.84 bits per heavy atom. The predicted molar refractivity (Wildman–Crippen MR) is 76.3 cm³/mol. The van der Waals surface area contributed by atoms with Gasteiger partial charge in [0.05, 0.1) is 18.2 Å². The summed E-state index contributed by atoms with van der Waals surface area (Å²) in [5.41, 5.74) is 3.76. The summed E-state index contributed by atoms with van der Waals surface area (Å²) < 4.78 is 0. The van der Waals surface area contributed by atoms with E-state index in [1.54, 1.807) is 6.07 Å². The SMILES string of the molecule is N#Cc1cccc(/C=C/Cc2ccccc2CO)c1. The molecule has 0 unspecified atom stereocenters. The first-order valence-electron chi connectivity index (χ1n) is 6.18.